The van der Waals surface area contributed by atoms with E-state index in [0.717, 1.165) is 10.8 Å². The molecule has 7 heteroatoms. The zero-order valence-corrected chi connectivity index (χ0v) is 19.1. The lowest BCUT2D eigenvalue weighted by atomic mass is 9.93. The maximum Gasteiger partial charge on any atom is 0.300 e. The van der Waals surface area contributed by atoms with Crippen LogP contribution in [-0.2, 0) is 9.59 Å². The zero-order valence-electron chi connectivity index (χ0n) is 17.6. The summed E-state index contributed by atoms with van der Waals surface area (Å²) in [5, 5.41) is 23.4. The Hall–Kier alpha value is -3.80. The standard InChI is InChI=1S/C27H17Cl2NO4/c28-17-7-4-8-18(14-17)30-24(16-11-12-22(31)21(29)13-16)23(26(33)27(30)34)25(32)20-10-3-6-15-5-1-2-9-19(15)20/h1-14,24,31-32H/b25-23-. The van der Waals surface area contributed by atoms with Gasteiger partial charge in [-0.2, -0.15) is 0 Å². The number of carbonyl (C=O) groups excluding carboxylic acids is 2. The van der Waals surface area contributed by atoms with Gasteiger partial charge in [0.1, 0.15) is 11.5 Å². The molecule has 1 saturated heterocycles. The second kappa shape index (κ2) is 8.52. The van der Waals surface area contributed by atoms with Crippen LogP contribution in [0.2, 0.25) is 10.0 Å². The number of Topliss-reactive ketones (excluding diaryl/α,β-unsaturated/α-hetero) is 1. The van der Waals surface area contributed by atoms with Gasteiger partial charge >= 0.3 is 0 Å². The molecule has 1 aliphatic heterocycles. The predicted molar refractivity (Wildman–Crippen MR) is 133 cm³/mol. The van der Waals surface area contributed by atoms with Gasteiger partial charge in [0.15, 0.2) is 0 Å². The van der Waals surface area contributed by atoms with Gasteiger partial charge in [-0.15, -0.1) is 0 Å². The Labute approximate surface area is 205 Å². The summed E-state index contributed by atoms with van der Waals surface area (Å²) < 4.78 is 0. The van der Waals surface area contributed by atoms with Gasteiger partial charge < -0.3 is 10.2 Å². The predicted octanol–water partition coefficient (Wildman–Crippen LogP) is 6.48. The minimum Gasteiger partial charge on any atom is -0.507 e. The maximum absolute atomic E-state index is 13.3. The van der Waals surface area contributed by atoms with E-state index in [1.54, 1.807) is 42.5 Å². The van der Waals surface area contributed by atoms with Gasteiger partial charge in [0.25, 0.3) is 11.7 Å². The number of phenolic OH excluding ortho intramolecular Hbond substituents is 1. The topological polar surface area (TPSA) is 77.8 Å². The Morgan fingerprint density at radius 2 is 1.59 bits per heavy atom. The summed E-state index contributed by atoms with van der Waals surface area (Å²) in [7, 11) is 0. The van der Waals surface area contributed by atoms with Crippen LogP contribution in [0.3, 0.4) is 0 Å². The van der Waals surface area contributed by atoms with Crippen molar-refractivity contribution in [1.29, 1.82) is 0 Å². The minimum absolute atomic E-state index is 0.0549. The molecule has 1 amide bonds. The van der Waals surface area contributed by atoms with E-state index in [9.17, 15) is 19.8 Å². The summed E-state index contributed by atoms with van der Waals surface area (Å²) in [4.78, 5) is 27.9. The molecule has 5 rings (SSSR count). The highest BCUT2D eigenvalue weighted by atomic mass is 35.5. The summed E-state index contributed by atoms with van der Waals surface area (Å²) in [5.41, 5.74) is 1.18. The van der Waals surface area contributed by atoms with Gasteiger partial charge in [-0.3, -0.25) is 14.5 Å². The van der Waals surface area contributed by atoms with Crippen molar-refractivity contribution in [3.63, 3.8) is 0 Å². The number of benzene rings is 4. The highest BCUT2D eigenvalue weighted by Gasteiger charge is 2.47. The molecule has 1 atom stereocenters. The first kappa shape index (κ1) is 22.0. The lowest BCUT2D eigenvalue weighted by Crippen LogP contribution is -2.29. The first-order valence-corrected chi connectivity index (χ1v) is 11.2. The van der Waals surface area contributed by atoms with E-state index in [4.69, 9.17) is 23.2 Å². The van der Waals surface area contributed by atoms with Crippen molar-refractivity contribution in [3.8, 4) is 5.75 Å². The SMILES string of the molecule is O=C1C(=O)N(c2cccc(Cl)c2)C(c2ccc(O)c(Cl)c2)/C1=C(/O)c1cccc2ccccc12. The van der Waals surface area contributed by atoms with Crippen molar-refractivity contribution in [2.75, 3.05) is 4.90 Å². The number of aliphatic hydroxyl groups excluding tert-OH is 1. The van der Waals surface area contributed by atoms with Crippen LogP contribution >= 0.6 is 23.2 Å². The first-order chi connectivity index (χ1) is 16.4. The summed E-state index contributed by atoms with van der Waals surface area (Å²) in [5.74, 6) is -2.08. The van der Waals surface area contributed by atoms with Crippen LogP contribution in [0.15, 0.2) is 90.5 Å². The number of rotatable bonds is 3. The number of amides is 1. The first-order valence-electron chi connectivity index (χ1n) is 10.4. The Bertz CT molecular complexity index is 1510. The number of aliphatic hydroxyl groups is 1. The Balaban J connectivity index is 1.80. The maximum atomic E-state index is 13.3. The summed E-state index contributed by atoms with van der Waals surface area (Å²) in [6, 6.07) is 22.8. The lowest BCUT2D eigenvalue weighted by molar-refractivity contribution is -0.132. The lowest BCUT2D eigenvalue weighted by Gasteiger charge is -2.26. The number of halogens is 2. The Kier molecular flexibility index (Phi) is 5.52. The molecule has 1 aliphatic rings. The number of nitrogens with zero attached hydrogens (tertiary/aromatic N) is 1. The quantitative estimate of drug-likeness (QED) is 0.196. The number of hydrogen-bond acceptors (Lipinski definition) is 4. The molecular formula is C27H17Cl2NO4. The van der Waals surface area contributed by atoms with Crippen molar-refractivity contribution in [2.24, 2.45) is 0 Å². The van der Waals surface area contributed by atoms with Crippen LogP contribution in [-0.4, -0.2) is 21.9 Å². The van der Waals surface area contributed by atoms with Crippen LogP contribution in [0.1, 0.15) is 17.2 Å². The molecule has 4 aromatic carbocycles. The Morgan fingerprint density at radius 1 is 0.853 bits per heavy atom. The molecule has 4 aromatic rings. The van der Waals surface area contributed by atoms with E-state index in [-0.39, 0.29) is 22.1 Å². The number of hydrogen-bond donors (Lipinski definition) is 2. The van der Waals surface area contributed by atoms with Gasteiger partial charge in [-0.05, 0) is 46.7 Å². The summed E-state index contributed by atoms with van der Waals surface area (Å²) in [6.07, 6.45) is 0. The molecule has 0 aliphatic carbocycles. The van der Waals surface area contributed by atoms with Gasteiger partial charge in [0.05, 0.1) is 16.6 Å². The van der Waals surface area contributed by atoms with Crippen molar-refractivity contribution >= 4 is 57.1 Å². The van der Waals surface area contributed by atoms with Gasteiger partial charge in [0, 0.05) is 16.3 Å². The molecule has 0 saturated carbocycles. The molecule has 5 nitrogen and oxygen atoms in total. The average molecular weight is 490 g/mol. The molecule has 34 heavy (non-hydrogen) atoms. The number of phenols is 1. The van der Waals surface area contributed by atoms with Gasteiger partial charge in [0.2, 0.25) is 0 Å². The second-order valence-corrected chi connectivity index (χ2v) is 8.73. The molecule has 168 valence electrons. The average Bonchev–Trinajstić information content (AvgIpc) is 3.10. The molecule has 1 heterocycles. The third-order valence-electron chi connectivity index (χ3n) is 5.86. The number of fused-ring (bicyclic) bond motifs is 1. The van der Waals surface area contributed by atoms with E-state index in [2.05, 4.69) is 0 Å². The van der Waals surface area contributed by atoms with Crippen LogP contribution in [0.5, 0.6) is 5.75 Å². The molecule has 0 spiro atoms. The normalized spacial score (nSPS) is 17.5. The molecule has 0 aromatic heterocycles. The van der Waals surface area contributed by atoms with Crippen LogP contribution in [0, 0.1) is 0 Å². The fraction of sp³-hybridized carbons (Fsp3) is 0.0370. The molecule has 0 radical (unpaired) electrons. The van der Waals surface area contributed by atoms with Gasteiger partial charge in [-0.25, -0.2) is 0 Å². The number of anilines is 1. The smallest absolute Gasteiger partial charge is 0.300 e. The van der Waals surface area contributed by atoms with E-state index in [0.29, 0.717) is 21.8 Å². The molecular weight excluding hydrogens is 473 g/mol. The van der Waals surface area contributed by atoms with Crippen LogP contribution < -0.4 is 4.90 Å². The monoisotopic (exact) mass is 489 g/mol. The minimum atomic E-state index is -0.990. The van der Waals surface area contributed by atoms with E-state index in [1.165, 1.54) is 17.0 Å². The third kappa shape index (κ3) is 3.59. The highest BCUT2D eigenvalue weighted by molar-refractivity contribution is 6.52. The van der Waals surface area contributed by atoms with E-state index >= 15 is 0 Å². The third-order valence-corrected chi connectivity index (χ3v) is 6.40. The van der Waals surface area contributed by atoms with Gasteiger partial charge in [-0.1, -0.05) is 77.8 Å². The van der Waals surface area contributed by atoms with E-state index < -0.39 is 17.7 Å². The zero-order chi connectivity index (χ0) is 24.0. The second-order valence-electron chi connectivity index (χ2n) is 7.89. The number of aromatic hydroxyl groups is 1. The van der Waals surface area contributed by atoms with Crippen LogP contribution in [0.25, 0.3) is 16.5 Å². The largest absolute Gasteiger partial charge is 0.507 e. The number of carbonyl (C=O) groups is 2. The number of ketones is 1. The molecule has 1 unspecified atom stereocenters. The van der Waals surface area contributed by atoms with Crippen LogP contribution in [0.4, 0.5) is 5.69 Å². The summed E-state index contributed by atoms with van der Waals surface area (Å²) in [6.45, 7) is 0. The van der Waals surface area contributed by atoms with Crippen molar-refractivity contribution < 1.29 is 19.8 Å². The molecule has 0 bridgehead atoms. The van der Waals surface area contributed by atoms with Crippen molar-refractivity contribution in [1.82, 2.24) is 0 Å². The highest BCUT2D eigenvalue weighted by Crippen LogP contribution is 2.44. The summed E-state index contributed by atoms with van der Waals surface area (Å²) >= 11 is 12.3. The van der Waals surface area contributed by atoms with E-state index in [1.807, 2.05) is 30.3 Å². The Morgan fingerprint density at radius 3 is 2.35 bits per heavy atom. The van der Waals surface area contributed by atoms with Crippen molar-refractivity contribution in [3.05, 3.63) is 112 Å². The molecule has 2 N–H and O–H groups in total. The fourth-order valence-electron chi connectivity index (χ4n) is 4.31. The van der Waals surface area contributed by atoms with Crippen molar-refractivity contribution in [2.45, 2.75) is 6.04 Å². The fourth-order valence-corrected chi connectivity index (χ4v) is 4.68. The molecule has 1 fully saturated rings.